The van der Waals surface area contributed by atoms with Gasteiger partial charge in [0.2, 0.25) is 0 Å². The van der Waals surface area contributed by atoms with Gasteiger partial charge in [-0.15, -0.1) is 0 Å². The van der Waals surface area contributed by atoms with Gasteiger partial charge in [0.1, 0.15) is 5.69 Å². The number of halogens is 1. The van der Waals surface area contributed by atoms with Crippen LogP contribution in [0.5, 0.6) is 0 Å². The third-order valence-corrected chi connectivity index (χ3v) is 4.75. The van der Waals surface area contributed by atoms with E-state index >= 15 is 0 Å². The number of hydrogen-bond acceptors (Lipinski definition) is 3. The lowest BCUT2D eigenvalue weighted by molar-refractivity contribution is -0.138. The largest absolute Gasteiger partial charge is 0.381 e. The van der Waals surface area contributed by atoms with E-state index in [-0.39, 0.29) is 0 Å². The van der Waals surface area contributed by atoms with E-state index < -0.39 is 24.0 Å². The van der Waals surface area contributed by atoms with Gasteiger partial charge in [-0.25, -0.2) is 0 Å². The Labute approximate surface area is 168 Å². The number of hydrogen-bond donors (Lipinski definition) is 3. The van der Waals surface area contributed by atoms with E-state index in [0.29, 0.717) is 17.1 Å². The predicted octanol–water partition coefficient (Wildman–Crippen LogP) is 2.61. The maximum atomic E-state index is 12.8. The van der Waals surface area contributed by atoms with E-state index in [4.69, 9.17) is 11.6 Å². The number of fused-ring (bicyclic) bond motifs is 1. The van der Waals surface area contributed by atoms with E-state index in [2.05, 4.69) is 10.3 Å². The van der Waals surface area contributed by atoms with Crippen molar-refractivity contribution in [3.63, 3.8) is 0 Å². The first kappa shape index (κ1) is 19.9. The van der Waals surface area contributed by atoms with E-state index in [0.717, 1.165) is 16.5 Å². The third kappa shape index (κ3) is 4.52. The number of benzene rings is 2. The Morgan fingerprint density at radius 1 is 1.14 bits per heavy atom. The minimum Gasteiger partial charge on any atom is -0.381 e. The molecule has 6 nitrogen and oxygen atoms in total. The van der Waals surface area contributed by atoms with E-state index in [1.54, 1.807) is 38.4 Å². The average Bonchev–Trinajstić information content (AvgIpc) is 3.10. The van der Waals surface area contributed by atoms with Gasteiger partial charge in [0.25, 0.3) is 11.8 Å². The van der Waals surface area contributed by atoms with E-state index in [1.165, 1.54) is 4.90 Å². The summed E-state index contributed by atoms with van der Waals surface area (Å²) >= 11 is 6.00. The van der Waals surface area contributed by atoms with Gasteiger partial charge >= 0.3 is 0 Å². The third-order valence-electron chi connectivity index (χ3n) is 4.52. The van der Waals surface area contributed by atoms with E-state index in [9.17, 15) is 14.7 Å². The van der Waals surface area contributed by atoms with Crippen molar-refractivity contribution >= 4 is 34.3 Å². The molecule has 2 atom stereocenters. The zero-order chi connectivity index (χ0) is 20.3. The van der Waals surface area contributed by atoms with Crippen molar-refractivity contribution in [1.29, 1.82) is 0 Å². The summed E-state index contributed by atoms with van der Waals surface area (Å²) in [7, 11) is 3.13. The lowest BCUT2D eigenvalue weighted by atomic mass is 10.00. The lowest BCUT2D eigenvalue weighted by Crippen LogP contribution is -2.51. The fourth-order valence-electron chi connectivity index (χ4n) is 3.02. The monoisotopic (exact) mass is 399 g/mol. The molecule has 1 aromatic heterocycles. The highest BCUT2D eigenvalue weighted by Gasteiger charge is 2.29. The van der Waals surface area contributed by atoms with Crippen LogP contribution in [0.25, 0.3) is 10.9 Å². The molecule has 2 aromatic carbocycles. The zero-order valence-electron chi connectivity index (χ0n) is 15.6. The summed E-state index contributed by atoms with van der Waals surface area (Å²) in [6.07, 6.45) is -1.04. The maximum Gasteiger partial charge on any atom is 0.268 e. The highest BCUT2D eigenvalue weighted by Crippen LogP contribution is 2.20. The lowest BCUT2D eigenvalue weighted by Gasteiger charge is -2.25. The second kappa shape index (κ2) is 8.46. The van der Waals surface area contributed by atoms with Crippen molar-refractivity contribution in [3.05, 3.63) is 70.9 Å². The molecular formula is C21H22ClN3O3. The second-order valence-corrected chi connectivity index (χ2v) is 7.30. The number of aromatic nitrogens is 1. The molecule has 0 aliphatic heterocycles. The van der Waals surface area contributed by atoms with Crippen LogP contribution in [0.1, 0.15) is 16.1 Å². The minimum absolute atomic E-state index is 0.319. The Bertz CT molecular complexity index is 985. The second-order valence-electron chi connectivity index (χ2n) is 6.86. The van der Waals surface area contributed by atoms with E-state index in [1.807, 2.05) is 30.3 Å². The highest BCUT2D eigenvalue weighted by atomic mass is 35.5. The molecule has 0 saturated carbocycles. The number of rotatable bonds is 6. The number of aliphatic hydroxyl groups is 1. The van der Waals surface area contributed by atoms with Crippen LogP contribution in [-0.4, -0.2) is 53.0 Å². The number of nitrogens with one attached hydrogen (secondary N) is 2. The number of carbonyl (C=O) groups excluding carboxylic acids is 2. The first-order valence-electron chi connectivity index (χ1n) is 8.87. The van der Waals surface area contributed by atoms with Gasteiger partial charge in [0.05, 0.1) is 6.04 Å². The van der Waals surface area contributed by atoms with Gasteiger partial charge < -0.3 is 20.3 Å². The summed E-state index contributed by atoms with van der Waals surface area (Å²) in [4.78, 5) is 29.4. The summed E-state index contributed by atoms with van der Waals surface area (Å²) in [5.74, 6) is -0.872. The zero-order valence-corrected chi connectivity index (χ0v) is 16.4. The molecule has 28 heavy (non-hydrogen) atoms. The molecule has 0 radical (unpaired) electrons. The number of H-pyrrole nitrogens is 1. The molecule has 1 heterocycles. The quantitative estimate of drug-likeness (QED) is 0.595. The SMILES string of the molecule is CN(C)C(=O)[C@H](O)[C@@H](Cc1ccccc1)NC(=O)c1cc2cc(Cl)ccc2[nH]1. The van der Waals surface area contributed by atoms with Crippen LogP contribution in [0.2, 0.25) is 5.02 Å². The number of carbonyl (C=O) groups is 2. The Balaban J connectivity index is 1.84. The molecule has 0 spiro atoms. The Hall–Kier alpha value is -2.83. The van der Waals surface area contributed by atoms with Crippen molar-refractivity contribution in [2.45, 2.75) is 18.6 Å². The van der Waals surface area contributed by atoms with Crippen LogP contribution in [0.4, 0.5) is 0 Å². The summed E-state index contributed by atoms with van der Waals surface area (Å²) in [5, 5.41) is 14.7. The maximum absolute atomic E-state index is 12.8. The van der Waals surface area contributed by atoms with Crippen LogP contribution in [0, 0.1) is 0 Å². The molecule has 0 bridgehead atoms. The van der Waals surface area contributed by atoms with Crippen molar-refractivity contribution < 1.29 is 14.7 Å². The number of nitrogens with zero attached hydrogens (tertiary/aromatic N) is 1. The molecule has 146 valence electrons. The van der Waals surface area contributed by atoms with Gasteiger partial charge in [-0.05, 0) is 36.2 Å². The molecule has 7 heteroatoms. The molecule has 0 aliphatic carbocycles. The molecule has 0 fully saturated rings. The topological polar surface area (TPSA) is 85.4 Å². The highest BCUT2D eigenvalue weighted by molar-refractivity contribution is 6.31. The Morgan fingerprint density at radius 2 is 1.86 bits per heavy atom. The first-order chi connectivity index (χ1) is 13.3. The van der Waals surface area contributed by atoms with Gasteiger partial charge in [-0.3, -0.25) is 9.59 Å². The molecule has 0 saturated heterocycles. The summed E-state index contributed by atoms with van der Waals surface area (Å²) in [5.41, 5.74) is 2.01. The van der Waals surface area contributed by atoms with Crippen LogP contribution in [0.3, 0.4) is 0 Å². The molecular weight excluding hydrogens is 378 g/mol. The Morgan fingerprint density at radius 3 is 2.54 bits per heavy atom. The summed E-state index contributed by atoms with van der Waals surface area (Å²) < 4.78 is 0. The van der Waals surface area contributed by atoms with Gasteiger partial charge in [-0.1, -0.05) is 41.9 Å². The fraction of sp³-hybridized carbons (Fsp3) is 0.238. The molecule has 2 amide bonds. The van der Waals surface area contributed by atoms with Crippen LogP contribution >= 0.6 is 11.6 Å². The minimum atomic E-state index is -1.36. The number of likely N-dealkylation sites (N-methyl/N-ethyl adjacent to an activating group) is 1. The molecule has 3 N–H and O–H groups in total. The summed E-state index contributed by atoms with van der Waals surface area (Å²) in [6.45, 7) is 0. The smallest absolute Gasteiger partial charge is 0.268 e. The first-order valence-corrected chi connectivity index (χ1v) is 9.25. The standard InChI is InChI=1S/C21H22ClN3O3/c1-25(2)21(28)19(26)17(10-13-6-4-3-5-7-13)24-20(27)18-12-14-11-15(22)8-9-16(14)23-18/h3-9,11-12,17,19,23,26H,10H2,1-2H3,(H,24,27)/t17-,19-/m1/s1. The van der Waals surface area contributed by atoms with Crippen molar-refractivity contribution in [2.75, 3.05) is 14.1 Å². The number of aliphatic hydroxyl groups excluding tert-OH is 1. The predicted molar refractivity (Wildman–Crippen MR) is 109 cm³/mol. The number of amides is 2. The van der Waals surface area contributed by atoms with Crippen LogP contribution in [-0.2, 0) is 11.2 Å². The fourth-order valence-corrected chi connectivity index (χ4v) is 3.20. The Kier molecular flexibility index (Phi) is 6.02. The molecule has 3 aromatic rings. The molecule has 3 rings (SSSR count). The van der Waals surface area contributed by atoms with Crippen molar-refractivity contribution in [3.8, 4) is 0 Å². The van der Waals surface area contributed by atoms with Gasteiger partial charge in [-0.2, -0.15) is 0 Å². The van der Waals surface area contributed by atoms with Gasteiger partial charge in [0.15, 0.2) is 6.10 Å². The molecule has 0 unspecified atom stereocenters. The van der Waals surface area contributed by atoms with Crippen molar-refractivity contribution in [1.82, 2.24) is 15.2 Å². The van der Waals surface area contributed by atoms with Crippen molar-refractivity contribution in [2.24, 2.45) is 0 Å². The summed E-state index contributed by atoms with van der Waals surface area (Å²) in [6, 6.07) is 15.6. The normalized spacial score (nSPS) is 13.1. The van der Waals surface area contributed by atoms with Crippen LogP contribution in [0.15, 0.2) is 54.6 Å². The number of aromatic amines is 1. The van der Waals surface area contributed by atoms with Gasteiger partial charge in [0, 0.05) is 30.0 Å². The molecule has 0 aliphatic rings. The average molecular weight is 400 g/mol. The van der Waals surface area contributed by atoms with Crippen LogP contribution < -0.4 is 5.32 Å².